The van der Waals surface area contributed by atoms with Crippen LogP contribution in [0.4, 0.5) is 0 Å². The molecule has 0 aliphatic heterocycles. The lowest BCUT2D eigenvalue weighted by atomic mass is 10.1. The minimum absolute atomic E-state index is 0.0154. The summed E-state index contributed by atoms with van der Waals surface area (Å²) in [6.45, 7) is 0. The van der Waals surface area contributed by atoms with Crippen molar-refractivity contribution in [2.24, 2.45) is 0 Å². The SMILES string of the molecule is COc1cccc(S(=O)(=O)c2nnn(-c3cccc(C(=O)O)c3)c2-c2ccc(Cl)cc2)c1. The average Bonchev–Trinajstić information content (AvgIpc) is 3.26. The number of hydrogen-bond donors (Lipinski definition) is 1. The quantitative estimate of drug-likeness (QED) is 0.452. The zero-order valence-electron chi connectivity index (χ0n) is 16.6. The van der Waals surface area contributed by atoms with E-state index in [-0.39, 0.29) is 21.2 Å². The lowest BCUT2D eigenvalue weighted by Gasteiger charge is -2.10. The van der Waals surface area contributed by atoms with Crippen LogP contribution in [0.3, 0.4) is 0 Å². The number of halogens is 1. The van der Waals surface area contributed by atoms with Crippen molar-refractivity contribution in [2.45, 2.75) is 9.92 Å². The number of methoxy groups -OCH3 is 1. The van der Waals surface area contributed by atoms with Gasteiger partial charge >= 0.3 is 5.97 Å². The first-order valence-electron chi connectivity index (χ1n) is 9.26. The van der Waals surface area contributed by atoms with Crippen molar-refractivity contribution >= 4 is 27.4 Å². The number of rotatable bonds is 6. The molecule has 0 saturated carbocycles. The summed E-state index contributed by atoms with van der Waals surface area (Å²) in [5, 5.41) is 17.5. The Hall–Kier alpha value is -3.69. The van der Waals surface area contributed by atoms with Crippen LogP contribution in [0.1, 0.15) is 10.4 Å². The second-order valence-electron chi connectivity index (χ2n) is 6.70. The van der Waals surface area contributed by atoms with Crippen LogP contribution in [0.2, 0.25) is 5.02 Å². The fraction of sp³-hybridized carbons (Fsp3) is 0.0455. The second-order valence-corrected chi connectivity index (χ2v) is 9.00. The molecule has 10 heteroatoms. The van der Waals surface area contributed by atoms with Crippen molar-refractivity contribution in [1.82, 2.24) is 15.0 Å². The molecule has 1 heterocycles. The minimum Gasteiger partial charge on any atom is -0.497 e. The van der Waals surface area contributed by atoms with Crippen molar-refractivity contribution in [1.29, 1.82) is 0 Å². The normalized spacial score (nSPS) is 11.3. The maximum Gasteiger partial charge on any atom is 0.335 e. The Bertz CT molecular complexity index is 1420. The van der Waals surface area contributed by atoms with E-state index in [4.69, 9.17) is 16.3 Å². The van der Waals surface area contributed by atoms with Crippen LogP contribution in [0.25, 0.3) is 16.9 Å². The summed E-state index contributed by atoms with van der Waals surface area (Å²) in [6.07, 6.45) is 0. The molecule has 0 unspecified atom stereocenters. The topological polar surface area (TPSA) is 111 Å². The van der Waals surface area contributed by atoms with E-state index in [9.17, 15) is 18.3 Å². The van der Waals surface area contributed by atoms with Crippen LogP contribution < -0.4 is 4.74 Å². The standard InChI is InChI=1S/C22H16ClN3O5S/c1-31-18-6-3-7-19(13-18)32(29,30)21-20(14-8-10-16(23)11-9-14)26(25-24-21)17-5-2-4-15(12-17)22(27)28/h2-13H,1H3,(H,27,28). The fourth-order valence-corrected chi connectivity index (χ4v) is 4.62. The van der Waals surface area contributed by atoms with Crippen LogP contribution in [-0.4, -0.2) is 41.6 Å². The highest BCUT2D eigenvalue weighted by Crippen LogP contribution is 2.33. The largest absolute Gasteiger partial charge is 0.497 e. The van der Waals surface area contributed by atoms with Crippen molar-refractivity contribution in [3.63, 3.8) is 0 Å². The highest BCUT2D eigenvalue weighted by molar-refractivity contribution is 7.91. The van der Waals surface area contributed by atoms with Gasteiger partial charge in [0.05, 0.1) is 23.3 Å². The Morgan fingerprint density at radius 1 is 1.03 bits per heavy atom. The smallest absolute Gasteiger partial charge is 0.335 e. The molecule has 4 rings (SSSR count). The average molecular weight is 470 g/mol. The summed E-state index contributed by atoms with van der Waals surface area (Å²) in [4.78, 5) is 11.4. The van der Waals surface area contributed by atoms with Crippen molar-refractivity contribution in [3.8, 4) is 22.7 Å². The molecule has 32 heavy (non-hydrogen) atoms. The fourth-order valence-electron chi connectivity index (χ4n) is 3.13. The zero-order chi connectivity index (χ0) is 22.9. The van der Waals surface area contributed by atoms with Gasteiger partial charge in [0.15, 0.2) is 0 Å². The van der Waals surface area contributed by atoms with Crippen LogP contribution in [0.5, 0.6) is 5.75 Å². The number of sulfone groups is 1. The first kappa shape index (κ1) is 21.5. The monoisotopic (exact) mass is 469 g/mol. The lowest BCUT2D eigenvalue weighted by Crippen LogP contribution is -2.07. The van der Waals surface area contributed by atoms with E-state index >= 15 is 0 Å². The zero-order valence-corrected chi connectivity index (χ0v) is 18.2. The Morgan fingerprint density at radius 2 is 1.75 bits per heavy atom. The van der Waals surface area contributed by atoms with Gasteiger partial charge in [0, 0.05) is 10.6 Å². The molecule has 0 fully saturated rings. The molecule has 1 N–H and O–H groups in total. The molecule has 1 aromatic heterocycles. The van der Waals surface area contributed by atoms with Gasteiger partial charge in [-0.3, -0.25) is 0 Å². The highest BCUT2D eigenvalue weighted by Gasteiger charge is 2.29. The van der Waals surface area contributed by atoms with Gasteiger partial charge in [-0.1, -0.05) is 41.1 Å². The first-order valence-corrected chi connectivity index (χ1v) is 11.1. The minimum atomic E-state index is -4.10. The molecule has 0 radical (unpaired) electrons. The Balaban J connectivity index is 1.97. The van der Waals surface area contributed by atoms with Crippen molar-refractivity contribution in [3.05, 3.63) is 83.4 Å². The van der Waals surface area contributed by atoms with E-state index in [1.165, 1.54) is 36.1 Å². The van der Waals surface area contributed by atoms with Crippen molar-refractivity contribution in [2.75, 3.05) is 7.11 Å². The molecule has 0 saturated heterocycles. The van der Waals surface area contributed by atoms with Crippen molar-refractivity contribution < 1.29 is 23.1 Å². The molecule has 8 nitrogen and oxygen atoms in total. The number of hydrogen-bond acceptors (Lipinski definition) is 6. The van der Waals surface area contributed by atoms with E-state index in [0.29, 0.717) is 22.0 Å². The van der Waals surface area contributed by atoms with Gasteiger partial charge in [-0.2, -0.15) is 0 Å². The van der Waals surface area contributed by atoms with Crippen LogP contribution in [0.15, 0.2) is 82.7 Å². The molecule has 0 amide bonds. The van der Waals surface area contributed by atoms with E-state index in [1.807, 2.05) is 0 Å². The molecule has 162 valence electrons. The number of benzene rings is 3. The Labute approximate surface area is 188 Å². The number of ether oxygens (including phenoxy) is 1. The lowest BCUT2D eigenvalue weighted by molar-refractivity contribution is 0.0697. The van der Waals surface area contributed by atoms with Gasteiger partial charge in [-0.15, -0.1) is 5.10 Å². The Morgan fingerprint density at radius 3 is 2.44 bits per heavy atom. The number of aromatic carboxylic acids is 1. The third kappa shape index (κ3) is 3.95. The molecular formula is C22H16ClN3O5S. The molecule has 0 aliphatic rings. The Kier molecular flexibility index (Phi) is 5.68. The number of carbonyl (C=O) groups is 1. The van der Waals surface area contributed by atoms with Gasteiger partial charge in [-0.05, 0) is 48.5 Å². The summed E-state index contributed by atoms with van der Waals surface area (Å²) < 4.78 is 33.4. The molecular weight excluding hydrogens is 454 g/mol. The van der Waals surface area contributed by atoms with E-state index in [0.717, 1.165) is 0 Å². The maximum atomic E-state index is 13.5. The number of nitrogens with zero attached hydrogens (tertiary/aromatic N) is 3. The summed E-state index contributed by atoms with van der Waals surface area (Å²) in [6, 6.07) is 18.5. The maximum absolute atomic E-state index is 13.5. The van der Waals surface area contributed by atoms with Crippen LogP contribution >= 0.6 is 11.6 Å². The predicted octanol–water partition coefficient (Wildman–Crippen LogP) is 4.13. The molecule has 0 atom stereocenters. The number of aromatic nitrogens is 3. The van der Waals surface area contributed by atoms with Gasteiger partial charge in [0.1, 0.15) is 11.4 Å². The summed E-state index contributed by atoms with van der Waals surface area (Å²) >= 11 is 6.01. The van der Waals surface area contributed by atoms with Gasteiger partial charge in [0.25, 0.3) is 0 Å². The molecule has 4 aromatic rings. The van der Waals surface area contributed by atoms with E-state index in [2.05, 4.69) is 10.3 Å². The highest BCUT2D eigenvalue weighted by atomic mass is 35.5. The van der Waals surface area contributed by atoms with Gasteiger partial charge < -0.3 is 9.84 Å². The molecule has 0 aliphatic carbocycles. The molecule has 3 aromatic carbocycles. The van der Waals surface area contributed by atoms with Gasteiger partial charge in [0.2, 0.25) is 14.9 Å². The summed E-state index contributed by atoms with van der Waals surface area (Å²) in [7, 11) is -2.66. The van der Waals surface area contributed by atoms with E-state index in [1.54, 1.807) is 48.5 Å². The third-order valence-corrected chi connectivity index (χ3v) is 6.61. The third-order valence-electron chi connectivity index (χ3n) is 4.70. The van der Waals surface area contributed by atoms with Gasteiger partial charge in [-0.25, -0.2) is 17.9 Å². The summed E-state index contributed by atoms with van der Waals surface area (Å²) in [5.74, 6) is -0.745. The number of carboxylic acid groups (broad SMARTS) is 1. The molecule has 0 bridgehead atoms. The van der Waals surface area contributed by atoms with E-state index < -0.39 is 15.8 Å². The van der Waals surface area contributed by atoms with Crippen LogP contribution in [-0.2, 0) is 9.84 Å². The summed E-state index contributed by atoms with van der Waals surface area (Å²) in [5.41, 5.74) is 1.03. The first-order chi connectivity index (χ1) is 15.3. The van der Waals surface area contributed by atoms with Crippen LogP contribution in [0, 0.1) is 0 Å². The second kappa shape index (κ2) is 8.45. The predicted molar refractivity (Wildman–Crippen MR) is 117 cm³/mol. The number of carboxylic acids is 1. The molecule has 0 spiro atoms.